The van der Waals surface area contributed by atoms with Crippen molar-refractivity contribution in [2.45, 2.75) is 17.9 Å². The molecule has 0 aliphatic heterocycles. The van der Waals surface area contributed by atoms with Gasteiger partial charge in [0.15, 0.2) is 0 Å². The van der Waals surface area contributed by atoms with Gasteiger partial charge in [-0.15, -0.1) is 11.8 Å². The molecule has 0 amide bonds. The monoisotopic (exact) mass is 306 g/mol. The molecule has 2 rings (SSSR count). The standard InChI is InChI=1S/C15H15FN2O2S/c1-10(11-3-6-13(21-2)7-4-11)17-14-8-5-12(16)9-15(14)18(19)20/h3-10,17H,1-2H3. The number of nitrogens with one attached hydrogen (secondary N) is 1. The van der Waals surface area contributed by atoms with Crippen molar-refractivity contribution in [3.8, 4) is 0 Å². The lowest BCUT2D eigenvalue weighted by molar-refractivity contribution is -0.384. The molecule has 0 heterocycles. The number of halogens is 1. The lowest BCUT2D eigenvalue weighted by Crippen LogP contribution is -2.08. The van der Waals surface area contributed by atoms with E-state index in [4.69, 9.17) is 0 Å². The summed E-state index contributed by atoms with van der Waals surface area (Å²) in [6.07, 6.45) is 2.00. The first-order valence-electron chi connectivity index (χ1n) is 6.35. The molecule has 6 heteroatoms. The fourth-order valence-corrected chi connectivity index (χ4v) is 2.40. The first-order chi connectivity index (χ1) is 10.0. The van der Waals surface area contributed by atoms with Gasteiger partial charge >= 0.3 is 0 Å². The molecule has 0 saturated carbocycles. The normalized spacial score (nSPS) is 12.0. The van der Waals surface area contributed by atoms with Gasteiger partial charge in [0.05, 0.1) is 11.0 Å². The Labute approximate surface area is 126 Å². The van der Waals surface area contributed by atoms with E-state index >= 15 is 0 Å². The summed E-state index contributed by atoms with van der Waals surface area (Å²) in [4.78, 5) is 11.5. The molecule has 4 nitrogen and oxygen atoms in total. The Hall–Kier alpha value is -2.08. The SMILES string of the molecule is CSc1ccc(C(C)Nc2ccc(F)cc2[N+](=O)[O-])cc1. The molecule has 0 aliphatic rings. The van der Waals surface area contributed by atoms with Crippen LogP contribution in [-0.4, -0.2) is 11.2 Å². The summed E-state index contributed by atoms with van der Waals surface area (Å²) in [5.74, 6) is -0.621. The van der Waals surface area contributed by atoms with E-state index < -0.39 is 10.7 Å². The first-order valence-corrected chi connectivity index (χ1v) is 7.58. The Morgan fingerprint density at radius 1 is 1.24 bits per heavy atom. The van der Waals surface area contributed by atoms with E-state index in [-0.39, 0.29) is 11.7 Å². The van der Waals surface area contributed by atoms with E-state index in [1.807, 2.05) is 37.4 Å². The van der Waals surface area contributed by atoms with Crippen LogP contribution in [0.1, 0.15) is 18.5 Å². The molecule has 21 heavy (non-hydrogen) atoms. The first kappa shape index (κ1) is 15.3. The molecule has 0 spiro atoms. The minimum Gasteiger partial charge on any atom is -0.373 e. The minimum atomic E-state index is -0.621. The van der Waals surface area contributed by atoms with Gasteiger partial charge in [-0.1, -0.05) is 12.1 Å². The summed E-state index contributed by atoms with van der Waals surface area (Å²) in [6, 6.07) is 11.3. The highest BCUT2D eigenvalue weighted by Crippen LogP contribution is 2.29. The van der Waals surface area contributed by atoms with E-state index in [1.54, 1.807) is 11.8 Å². The van der Waals surface area contributed by atoms with E-state index in [0.29, 0.717) is 5.69 Å². The van der Waals surface area contributed by atoms with Crippen LogP contribution in [0.15, 0.2) is 47.4 Å². The van der Waals surface area contributed by atoms with Gasteiger partial charge in [0, 0.05) is 10.9 Å². The summed E-state index contributed by atoms with van der Waals surface area (Å²) in [5.41, 5.74) is 1.05. The van der Waals surface area contributed by atoms with Crippen molar-refractivity contribution in [2.24, 2.45) is 0 Å². The van der Waals surface area contributed by atoms with Crippen LogP contribution in [0.4, 0.5) is 15.8 Å². The van der Waals surface area contributed by atoms with E-state index in [0.717, 1.165) is 16.5 Å². The third-order valence-electron chi connectivity index (χ3n) is 3.14. The topological polar surface area (TPSA) is 55.2 Å². The van der Waals surface area contributed by atoms with Crippen LogP contribution < -0.4 is 5.32 Å². The third-order valence-corrected chi connectivity index (χ3v) is 3.89. The number of nitro benzene ring substituents is 1. The van der Waals surface area contributed by atoms with Crippen molar-refractivity contribution in [1.82, 2.24) is 0 Å². The van der Waals surface area contributed by atoms with E-state index in [1.165, 1.54) is 12.1 Å². The quantitative estimate of drug-likeness (QED) is 0.497. The Kier molecular flexibility index (Phi) is 4.80. The van der Waals surface area contributed by atoms with Crippen molar-refractivity contribution in [3.63, 3.8) is 0 Å². The molecule has 0 saturated heterocycles. The maximum Gasteiger partial charge on any atom is 0.295 e. The second kappa shape index (κ2) is 6.58. The molecule has 2 aromatic rings. The highest BCUT2D eigenvalue weighted by molar-refractivity contribution is 7.98. The fraction of sp³-hybridized carbons (Fsp3) is 0.200. The largest absolute Gasteiger partial charge is 0.373 e. The van der Waals surface area contributed by atoms with Crippen LogP contribution >= 0.6 is 11.8 Å². The summed E-state index contributed by atoms with van der Waals surface area (Å²) < 4.78 is 13.1. The number of anilines is 1. The average Bonchev–Trinajstić information content (AvgIpc) is 2.49. The smallest absolute Gasteiger partial charge is 0.295 e. The van der Waals surface area contributed by atoms with Gasteiger partial charge in [0.2, 0.25) is 0 Å². The van der Waals surface area contributed by atoms with Crippen molar-refractivity contribution in [2.75, 3.05) is 11.6 Å². The van der Waals surface area contributed by atoms with Gasteiger partial charge in [-0.3, -0.25) is 10.1 Å². The number of nitrogens with zero attached hydrogens (tertiary/aromatic N) is 1. The molecule has 0 fully saturated rings. The van der Waals surface area contributed by atoms with Gasteiger partial charge < -0.3 is 5.32 Å². The Balaban J connectivity index is 2.22. The number of hydrogen-bond donors (Lipinski definition) is 1. The van der Waals surface area contributed by atoms with Crippen molar-refractivity contribution in [1.29, 1.82) is 0 Å². The molecule has 1 atom stereocenters. The molecule has 110 valence electrons. The zero-order chi connectivity index (χ0) is 15.4. The van der Waals surface area contributed by atoms with Crippen LogP contribution in [0.5, 0.6) is 0 Å². The second-order valence-corrected chi connectivity index (χ2v) is 5.44. The Morgan fingerprint density at radius 3 is 2.48 bits per heavy atom. The zero-order valence-electron chi connectivity index (χ0n) is 11.7. The molecule has 0 bridgehead atoms. The van der Waals surface area contributed by atoms with Gasteiger partial charge in [-0.2, -0.15) is 0 Å². The molecule has 2 aromatic carbocycles. The maximum absolute atomic E-state index is 13.1. The van der Waals surface area contributed by atoms with Gasteiger partial charge in [0.25, 0.3) is 5.69 Å². The number of benzene rings is 2. The van der Waals surface area contributed by atoms with Gasteiger partial charge in [-0.05, 0) is 43.0 Å². The summed E-state index contributed by atoms with van der Waals surface area (Å²) in [6.45, 7) is 1.90. The molecule has 0 radical (unpaired) electrons. The van der Waals surface area contributed by atoms with Gasteiger partial charge in [0.1, 0.15) is 11.5 Å². The van der Waals surface area contributed by atoms with Crippen molar-refractivity contribution >= 4 is 23.1 Å². The molecular weight excluding hydrogens is 291 g/mol. The lowest BCUT2D eigenvalue weighted by atomic mass is 10.1. The number of thioether (sulfide) groups is 1. The van der Waals surface area contributed by atoms with E-state index in [2.05, 4.69) is 5.32 Å². The van der Waals surface area contributed by atoms with Gasteiger partial charge in [-0.25, -0.2) is 4.39 Å². The lowest BCUT2D eigenvalue weighted by Gasteiger charge is -2.16. The molecule has 1 unspecified atom stereocenters. The maximum atomic E-state index is 13.1. The van der Waals surface area contributed by atoms with Crippen LogP contribution in [0.3, 0.4) is 0 Å². The van der Waals surface area contributed by atoms with Crippen LogP contribution in [0, 0.1) is 15.9 Å². The predicted octanol–water partition coefficient (Wildman–Crippen LogP) is 4.63. The zero-order valence-corrected chi connectivity index (χ0v) is 12.5. The van der Waals surface area contributed by atoms with Crippen LogP contribution in [0.25, 0.3) is 0 Å². The Morgan fingerprint density at radius 2 is 1.90 bits per heavy atom. The summed E-state index contributed by atoms with van der Waals surface area (Å²) >= 11 is 1.65. The number of nitro groups is 1. The van der Waals surface area contributed by atoms with Crippen LogP contribution in [-0.2, 0) is 0 Å². The number of hydrogen-bond acceptors (Lipinski definition) is 4. The van der Waals surface area contributed by atoms with Crippen molar-refractivity contribution in [3.05, 3.63) is 64.0 Å². The molecule has 0 aromatic heterocycles. The number of rotatable bonds is 5. The summed E-state index contributed by atoms with van der Waals surface area (Å²) in [5, 5.41) is 14.0. The minimum absolute atomic E-state index is 0.120. The molecule has 1 N–H and O–H groups in total. The molecular formula is C15H15FN2O2S. The molecule has 0 aliphatic carbocycles. The Bertz CT molecular complexity index is 647. The van der Waals surface area contributed by atoms with Crippen LogP contribution in [0.2, 0.25) is 0 Å². The second-order valence-electron chi connectivity index (χ2n) is 4.56. The highest BCUT2D eigenvalue weighted by atomic mass is 32.2. The van der Waals surface area contributed by atoms with E-state index in [9.17, 15) is 14.5 Å². The third kappa shape index (κ3) is 3.72. The van der Waals surface area contributed by atoms with Crippen molar-refractivity contribution < 1.29 is 9.31 Å². The highest BCUT2D eigenvalue weighted by Gasteiger charge is 2.17. The fourth-order valence-electron chi connectivity index (χ4n) is 1.99. The average molecular weight is 306 g/mol. The predicted molar refractivity (Wildman–Crippen MR) is 83.3 cm³/mol. The summed E-state index contributed by atoms with van der Waals surface area (Å²) in [7, 11) is 0.